The van der Waals surface area contributed by atoms with Gasteiger partial charge in [0.05, 0.1) is 25.4 Å². The first-order chi connectivity index (χ1) is 31.5. The van der Waals surface area contributed by atoms with Crippen LogP contribution < -0.4 is 5.32 Å². The Morgan fingerprint density at radius 1 is 0.453 bits per heavy atom. The van der Waals surface area contributed by atoms with Crippen molar-refractivity contribution in [1.82, 2.24) is 5.32 Å². The van der Waals surface area contributed by atoms with Crippen LogP contribution in [0, 0.1) is 0 Å². The lowest BCUT2D eigenvalue weighted by Crippen LogP contribution is -2.45. The fraction of sp³-hybridized carbons (Fsp3) is 0.793. The number of esters is 1. The summed E-state index contributed by atoms with van der Waals surface area (Å²) in [4.78, 5) is 24.5. The Balaban J connectivity index is 3.54. The van der Waals surface area contributed by atoms with Crippen LogP contribution in [0.25, 0.3) is 0 Å². The average molecular weight is 896 g/mol. The Morgan fingerprint density at radius 2 is 0.828 bits per heavy atom. The van der Waals surface area contributed by atoms with Crippen LogP contribution in [-0.4, -0.2) is 47.4 Å². The van der Waals surface area contributed by atoms with E-state index in [-0.39, 0.29) is 18.5 Å². The summed E-state index contributed by atoms with van der Waals surface area (Å²) < 4.78 is 5.45. The molecular weight excluding hydrogens is 791 g/mol. The zero-order valence-electron chi connectivity index (χ0n) is 42.2. The van der Waals surface area contributed by atoms with Crippen molar-refractivity contribution in [3.05, 3.63) is 60.8 Å². The number of carbonyl (C=O) groups excluding carboxylic acids is 2. The number of hydrogen-bond donors (Lipinski definition) is 3. The lowest BCUT2D eigenvalue weighted by Gasteiger charge is -2.20. The molecule has 6 nitrogen and oxygen atoms in total. The molecule has 0 aromatic carbocycles. The van der Waals surface area contributed by atoms with Crippen LogP contribution >= 0.6 is 0 Å². The van der Waals surface area contributed by atoms with Gasteiger partial charge >= 0.3 is 5.97 Å². The summed E-state index contributed by atoms with van der Waals surface area (Å²) in [6.07, 6.45) is 68.0. The van der Waals surface area contributed by atoms with Crippen LogP contribution in [0.2, 0.25) is 0 Å². The zero-order chi connectivity index (χ0) is 46.5. The fourth-order valence-electron chi connectivity index (χ4n) is 8.01. The Kier molecular flexibility index (Phi) is 51.2. The Bertz CT molecular complexity index is 1130. The van der Waals surface area contributed by atoms with Crippen molar-refractivity contribution >= 4 is 11.9 Å². The highest BCUT2D eigenvalue weighted by Gasteiger charge is 2.18. The van der Waals surface area contributed by atoms with Gasteiger partial charge in [-0.2, -0.15) is 0 Å². The van der Waals surface area contributed by atoms with E-state index in [9.17, 15) is 19.8 Å². The summed E-state index contributed by atoms with van der Waals surface area (Å²) in [7, 11) is 0. The SMILES string of the molecule is CCCCC/C=C\C/C=C\CCCCCCCCCCCC(=O)OCCCCC/C=C\C=C/CCCCCCCCC(=O)NC(CO)C(O)/C=C/CCCCCCCCCCCCC. The number of nitrogens with one attached hydrogen (secondary N) is 1. The molecule has 2 unspecified atom stereocenters. The molecule has 0 saturated carbocycles. The number of hydrogen-bond acceptors (Lipinski definition) is 5. The second-order valence-electron chi connectivity index (χ2n) is 18.6. The molecule has 0 aromatic rings. The Labute approximate surface area is 397 Å². The maximum absolute atomic E-state index is 12.4. The first kappa shape index (κ1) is 61.6. The molecule has 0 aliphatic heterocycles. The maximum Gasteiger partial charge on any atom is 0.305 e. The summed E-state index contributed by atoms with van der Waals surface area (Å²) in [5, 5.41) is 23.0. The van der Waals surface area contributed by atoms with Crippen molar-refractivity contribution < 1.29 is 24.5 Å². The zero-order valence-corrected chi connectivity index (χ0v) is 42.2. The summed E-state index contributed by atoms with van der Waals surface area (Å²) in [6.45, 7) is 4.81. The molecule has 0 radical (unpaired) electrons. The standard InChI is InChI=1S/C58H105NO5/c1-3-5-7-9-11-13-15-17-18-19-20-21-24-28-32-36-40-44-48-52-58(63)64-53-49-45-41-37-33-29-25-22-23-27-31-35-39-43-47-51-57(62)59-55(54-60)56(61)50-46-42-38-34-30-26-16-14-12-10-8-6-4-2/h11,13,17-18,22,25,29,33,46,50,55-56,60-61H,3-10,12,14-16,19-21,23-24,26-28,30-32,34-45,47-49,51-54H2,1-2H3,(H,59,62)/b13-11-,18-17-,25-22-,33-29-,50-46+. The number of carbonyl (C=O) groups is 2. The minimum Gasteiger partial charge on any atom is -0.466 e. The van der Waals surface area contributed by atoms with E-state index >= 15 is 0 Å². The smallest absolute Gasteiger partial charge is 0.305 e. The van der Waals surface area contributed by atoms with Crippen LogP contribution in [0.1, 0.15) is 271 Å². The summed E-state index contributed by atoms with van der Waals surface area (Å²) in [6, 6.07) is -0.645. The Morgan fingerprint density at radius 3 is 1.31 bits per heavy atom. The van der Waals surface area contributed by atoms with E-state index in [1.54, 1.807) is 6.08 Å². The van der Waals surface area contributed by atoms with Crippen LogP contribution in [0.3, 0.4) is 0 Å². The van der Waals surface area contributed by atoms with Crippen molar-refractivity contribution in [2.75, 3.05) is 13.2 Å². The van der Waals surface area contributed by atoms with Crippen molar-refractivity contribution in [2.24, 2.45) is 0 Å². The molecule has 0 aliphatic rings. The normalized spacial score (nSPS) is 13.1. The van der Waals surface area contributed by atoms with E-state index in [1.165, 1.54) is 161 Å². The van der Waals surface area contributed by atoms with Gasteiger partial charge in [-0.05, 0) is 96.3 Å². The molecule has 1 amide bonds. The molecule has 0 aromatic heterocycles. The van der Waals surface area contributed by atoms with E-state index < -0.39 is 12.1 Å². The molecular formula is C58H105NO5. The third-order valence-corrected chi connectivity index (χ3v) is 12.3. The van der Waals surface area contributed by atoms with Crippen molar-refractivity contribution in [1.29, 1.82) is 0 Å². The van der Waals surface area contributed by atoms with Gasteiger partial charge < -0.3 is 20.3 Å². The van der Waals surface area contributed by atoms with Crippen LogP contribution in [-0.2, 0) is 14.3 Å². The third kappa shape index (κ3) is 49.0. The summed E-state index contributed by atoms with van der Waals surface area (Å²) in [5.74, 6) is -0.120. The number of aliphatic hydroxyl groups excluding tert-OH is 2. The summed E-state index contributed by atoms with van der Waals surface area (Å²) >= 11 is 0. The molecule has 3 N–H and O–H groups in total. The van der Waals surface area contributed by atoms with Gasteiger partial charge in [-0.3, -0.25) is 9.59 Å². The van der Waals surface area contributed by atoms with Crippen molar-refractivity contribution in [2.45, 2.75) is 283 Å². The number of rotatable bonds is 50. The van der Waals surface area contributed by atoms with Crippen molar-refractivity contribution in [3.63, 3.8) is 0 Å². The third-order valence-electron chi connectivity index (χ3n) is 12.3. The minimum absolute atomic E-state index is 0.0276. The first-order valence-corrected chi connectivity index (χ1v) is 27.6. The Hall–Kier alpha value is -2.44. The molecule has 6 heteroatoms. The lowest BCUT2D eigenvalue weighted by atomic mass is 10.0. The molecule has 0 saturated heterocycles. The van der Waals surface area contributed by atoms with Gasteiger partial charge in [-0.1, -0.05) is 222 Å². The van der Waals surface area contributed by atoms with Gasteiger partial charge in [0.2, 0.25) is 5.91 Å². The van der Waals surface area contributed by atoms with Gasteiger partial charge in [0, 0.05) is 12.8 Å². The van der Waals surface area contributed by atoms with E-state index in [0.717, 1.165) is 83.5 Å². The predicted molar refractivity (Wildman–Crippen MR) is 278 cm³/mol. The molecule has 64 heavy (non-hydrogen) atoms. The molecule has 0 spiro atoms. The number of ether oxygens (including phenoxy) is 1. The summed E-state index contributed by atoms with van der Waals surface area (Å²) in [5.41, 5.74) is 0. The highest BCUT2D eigenvalue weighted by Crippen LogP contribution is 2.15. The largest absolute Gasteiger partial charge is 0.466 e. The number of aliphatic hydroxyl groups is 2. The molecule has 0 bridgehead atoms. The quantitative estimate of drug-likeness (QED) is 0.0245. The average Bonchev–Trinajstić information content (AvgIpc) is 3.29. The maximum atomic E-state index is 12.4. The monoisotopic (exact) mass is 896 g/mol. The topological polar surface area (TPSA) is 95.9 Å². The van der Waals surface area contributed by atoms with Gasteiger partial charge in [0.25, 0.3) is 0 Å². The fourth-order valence-corrected chi connectivity index (χ4v) is 8.01. The van der Waals surface area contributed by atoms with Crippen LogP contribution in [0.4, 0.5) is 0 Å². The highest BCUT2D eigenvalue weighted by molar-refractivity contribution is 5.76. The molecule has 372 valence electrons. The lowest BCUT2D eigenvalue weighted by molar-refractivity contribution is -0.143. The molecule has 0 rings (SSSR count). The van der Waals surface area contributed by atoms with E-state index in [0.29, 0.717) is 19.4 Å². The highest BCUT2D eigenvalue weighted by atomic mass is 16.5. The second-order valence-corrected chi connectivity index (χ2v) is 18.6. The molecule has 0 heterocycles. The minimum atomic E-state index is -0.859. The number of unbranched alkanes of at least 4 members (excludes halogenated alkanes) is 32. The van der Waals surface area contributed by atoms with Crippen LogP contribution in [0.15, 0.2) is 60.8 Å². The predicted octanol–water partition coefficient (Wildman–Crippen LogP) is 16.8. The van der Waals surface area contributed by atoms with Gasteiger partial charge in [-0.25, -0.2) is 0 Å². The first-order valence-electron chi connectivity index (χ1n) is 27.6. The van der Waals surface area contributed by atoms with Gasteiger partial charge in [-0.15, -0.1) is 0 Å². The van der Waals surface area contributed by atoms with E-state index in [4.69, 9.17) is 4.74 Å². The molecule has 0 fully saturated rings. The van der Waals surface area contributed by atoms with Gasteiger partial charge in [0.15, 0.2) is 0 Å². The number of amides is 1. The van der Waals surface area contributed by atoms with E-state index in [1.807, 2.05) is 6.08 Å². The second kappa shape index (κ2) is 53.2. The number of allylic oxidation sites excluding steroid dienone is 9. The van der Waals surface area contributed by atoms with Crippen molar-refractivity contribution in [3.8, 4) is 0 Å². The van der Waals surface area contributed by atoms with E-state index in [2.05, 4.69) is 67.8 Å². The molecule has 2 atom stereocenters. The van der Waals surface area contributed by atoms with Gasteiger partial charge in [0.1, 0.15) is 0 Å². The molecule has 0 aliphatic carbocycles. The van der Waals surface area contributed by atoms with Crippen LogP contribution in [0.5, 0.6) is 0 Å².